The van der Waals surface area contributed by atoms with Gasteiger partial charge in [-0.05, 0) is 103 Å². The second kappa shape index (κ2) is 22.9. The van der Waals surface area contributed by atoms with Crippen molar-refractivity contribution in [1.29, 1.82) is 0 Å². The van der Waals surface area contributed by atoms with E-state index in [4.69, 9.17) is 0 Å². The lowest BCUT2D eigenvalue weighted by Crippen LogP contribution is -2.29. The summed E-state index contributed by atoms with van der Waals surface area (Å²) in [7, 11) is 0. The first-order valence-electron chi connectivity index (χ1n) is 19.7. The fourth-order valence-corrected chi connectivity index (χ4v) is 6.98. The molecule has 0 saturated heterocycles. The summed E-state index contributed by atoms with van der Waals surface area (Å²) in [5, 5.41) is 0. The molecule has 0 radical (unpaired) electrons. The highest BCUT2D eigenvalue weighted by molar-refractivity contribution is 5.78. The van der Waals surface area contributed by atoms with Crippen LogP contribution in [-0.2, 0) is 11.8 Å². The Morgan fingerprint density at radius 2 is 1.23 bits per heavy atom. The molecule has 1 atom stereocenters. The van der Waals surface area contributed by atoms with Gasteiger partial charge in [0.15, 0.2) is 0 Å². The average Bonchev–Trinajstić information content (AvgIpc) is 3.46. The highest BCUT2D eigenvalue weighted by Crippen LogP contribution is 2.56. The molecule has 5 rings (SSSR count). The number of benzene rings is 4. The third kappa shape index (κ3) is 10.6. The Bertz CT molecular complexity index is 1850. The van der Waals surface area contributed by atoms with Crippen molar-refractivity contribution >= 4 is 0 Å². The minimum absolute atomic E-state index is 0.444. The lowest BCUT2D eigenvalue weighted by Gasteiger charge is -2.35. The third-order valence-electron chi connectivity index (χ3n) is 9.58. The zero-order valence-electron chi connectivity index (χ0n) is 34.8. The van der Waals surface area contributed by atoms with Crippen LogP contribution in [0.25, 0.3) is 11.1 Å². The zero-order valence-corrected chi connectivity index (χ0v) is 34.8. The monoisotopic (exact) mass is 703 g/mol. The maximum absolute atomic E-state index is 4.24. The van der Waals surface area contributed by atoms with Gasteiger partial charge in [-0.2, -0.15) is 0 Å². The third-order valence-corrected chi connectivity index (χ3v) is 9.58. The van der Waals surface area contributed by atoms with Gasteiger partial charge in [-0.1, -0.05) is 218 Å². The molecule has 4 aromatic carbocycles. The lowest BCUT2D eigenvalue weighted by molar-refractivity contribution is 0.561. The predicted octanol–water partition coefficient (Wildman–Crippen LogP) is 15.6. The van der Waals surface area contributed by atoms with E-state index in [0.29, 0.717) is 0 Å². The van der Waals surface area contributed by atoms with Crippen LogP contribution in [0.3, 0.4) is 0 Å². The van der Waals surface area contributed by atoms with Crippen LogP contribution in [0.2, 0.25) is 0 Å². The van der Waals surface area contributed by atoms with Gasteiger partial charge in [0.25, 0.3) is 0 Å². The van der Waals surface area contributed by atoms with Crippen LogP contribution >= 0.6 is 0 Å². The Morgan fingerprint density at radius 3 is 1.72 bits per heavy atom. The van der Waals surface area contributed by atoms with Gasteiger partial charge >= 0.3 is 0 Å². The predicted molar refractivity (Wildman–Crippen MR) is 239 cm³/mol. The summed E-state index contributed by atoms with van der Waals surface area (Å²) < 4.78 is 0. The molecule has 53 heavy (non-hydrogen) atoms. The average molecular weight is 703 g/mol. The molecule has 0 amide bonds. The van der Waals surface area contributed by atoms with E-state index in [0.717, 1.165) is 5.92 Å². The summed E-state index contributed by atoms with van der Waals surface area (Å²) >= 11 is 0. The number of hydrogen-bond donors (Lipinski definition) is 0. The number of aryl methyl sites for hydroxylation is 3. The molecule has 1 aliphatic rings. The van der Waals surface area contributed by atoms with Crippen molar-refractivity contribution in [1.82, 2.24) is 0 Å². The standard InChI is InChI=1S/C29H28.C20H26.2C2H6/c1-5-9-22-26-25(16-6-2)27(8-4)29(28(26)17-7-3,23-18-12-10-13-19-23)24-20-14-11-15-21-24;1-6-14(2)11-18-10-8-16(4)13-20(18)19-12-15(3)7-9-17(19)5;2*1-2/h5-22H,3-4H2,1-2H3;7-10,12-14H,6,11H2,1-5H3;2*1-2H3/b9-5+,16-6-,26-22-,28-17+;;;. The zero-order chi connectivity index (χ0) is 39.4. The van der Waals surface area contributed by atoms with E-state index in [2.05, 4.69) is 188 Å². The van der Waals surface area contributed by atoms with Gasteiger partial charge in [0.05, 0.1) is 5.41 Å². The molecule has 0 saturated carbocycles. The first kappa shape index (κ1) is 44.2. The quantitative estimate of drug-likeness (QED) is 0.154. The molecule has 1 unspecified atom stereocenters. The second-order valence-corrected chi connectivity index (χ2v) is 13.1. The van der Waals surface area contributed by atoms with Crippen molar-refractivity contribution in [2.24, 2.45) is 5.92 Å². The molecule has 0 aliphatic heterocycles. The van der Waals surface area contributed by atoms with Crippen molar-refractivity contribution < 1.29 is 0 Å². The van der Waals surface area contributed by atoms with Gasteiger partial charge in [-0.25, -0.2) is 0 Å². The van der Waals surface area contributed by atoms with Crippen LogP contribution in [0, 0.1) is 26.7 Å². The molecular weight excluding hydrogens is 637 g/mol. The van der Waals surface area contributed by atoms with Crippen molar-refractivity contribution in [2.45, 2.75) is 94.4 Å². The van der Waals surface area contributed by atoms with Gasteiger partial charge in [0, 0.05) is 0 Å². The first-order chi connectivity index (χ1) is 25.8. The fraction of sp³-hybridized carbons (Fsp3) is 0.283. The normalized spacial score (nSPS) is 15.3. The Hall–Kier alpha value is -4.94. The van der Waals surface area contributed by atoms with Crippen molar-refractivity contribution in [3.8, 4) is 11.1 Å². The van der Waals surface area contributed by atoms with Gasteiger partial charge in [0.1, 0.15) is 0 Å². The van der Waals surface area contributed by atoms with Gasteiger partial charge in [0.2, 0.25) is 0 Å². The van der Waals surface area contributed by atoms with E-state index in [1.54, 1.807) is 0 Å². The topological polar surface area (TPSA) is 0 Å². The van der Waals surface area contributed by atoms with Crippen LogP contribution in [0.5, 0.6) is 0 Å². The van der Waals surface area contributed by atoms with Crippen molar-refractivity contribution in [2.75, 3.05) is 0 Å². The molecular formula is C53H66. The maximum atomic E-state index is 4.24. The molecule has 4 aromatic rings. The molecule has 0 spiro atoms. The largest absolute Gasteiger partial charge is 0.0991 e. The number of hydrogen-bond acceptors (Lipinski definition) is 0. The van der Waals surface area contributed by atoms with Gasteiger partial charge in [-0.3, -0.25) is 0 Å². The summed E-state index contributed by atoms with van der Waals surface area (Å²) in [6.45, 7) is 31.6. The molecule has 0 N–H and O–H groups in total. The SMILES string of the molecule is C=C\C=C1/C(=C\C=C\C)C(/C=C\C)=C(C=C)C1(c1ccccc1)c1ccccc1.CC.CC.CCC(C)Cc1ccc(C)cc1-c1cc(C)ccc1C. The first-order valence-corrected chi connectivity index (χ1v) is 19.7. The lowest BCUT2D eigenvalue weighted by atomic mass is 9.66. The molecule has 0 fully saturated rings. The van der Waals surface area contributed by atoms with E-state index in [9.17, 15) is 0 Å². The molecule has 278 valence electrons. The maximum Gasteiger partial charge on any atom is 0.0713 e. The Labute approximate surface area is 324 Å². The van der Waals surface area contributed by atoms with E-state index in [1.807, 2.05) is 46.8 Å². The van der Waals surface area contributed by atoms with Crippen LogP contribution in [-0.4, -0.2) is 0 Å². The summed E-state index contributed by atoms with van der Waals surface area (Å²) in [6.07, 6.45) is 19.1. The van der Waals surface area contributed by atoms with Crippen LogP contribution < -0.4 is 0 Å². The number of rotatable bonds is 10. The van der Waals surface area contributed by atoms with Crippen LogP contribution in [0.15, 0.2) is 181 Å². The number of allylic oxidation sites excluding steroid dienone is 12. The molecule has 0 heteroatoms. The van der Waals surface area contributed by atoms with Crippen LogP contribution in [0.1, 0.15) is 95.2 Å². The Morgan fingerprint density at radius 1 is 0.679 bits per heavy atom. The van der Waals surface area contributed by atoms with Crippen molar-refractivity contribution in [3.63, 3.8) is 0 Å². The molecule has 0 heterocycles. The highest BCUT2D eigenvalue weighted by Gasteiger charge is 2.47. The summed E-state index contributed by atoms with van der Waals surface area (Å²) in [5.41, 5.74) is 15.1. The van der Waals surface area contributed by atoms with E-state index in [-0.39, 0.29) is 0 Å². The molecule has 0 aromatic heterocycles. The van der Waals surface area contributed by atoms with E-state index >= 15 is 0 Å². The summed E-state index contributed by atoms with van der Waals surface area (Å²) in [6, 6.07) is 35.0. The molecule has 0 nitrogen and oxygen atoms in total. The molecule has 0 bridgehead atoms. The van der Waals surface area contributed by atoms with Crippen LogP contribution in [0.4, 0.5) is 0 Å². The van der Waals surface area contributed by atoms with Gasteiger partial charge in [-0.15, -0.1) is 0 Å². The second-order valence-electron chi connectivity index (χ2n) is 13.1. The minimum Gasteiger partial charge on any atom is -0.0991 e. The van der Waals surface area contributed by atoms with Gasteiger partial charge < -0.3 is 0 Å². The fourth-order valence-electron chi connectivity index (χ4n) is 6.98. The Kier molecular flexibility index (Phi) is 19.1. The van der Waals surface area contributed by atoms with E-state index < -0.39 is 5.41 Å². The highest BCUT2D eigenvalue weighted by atomic mass is 14.5. The molecule has 1 aliphatic carbocycles. The summed E-state index contributed by atoms with van der Waals surface area (Å²) in [5.74, 6) is 0.738. The minimum atomic E-state index is -0.444. The summed E-state index contributed by atoms with van der Waals surface area (Å²) in [4.78, 5) is 0. The van der Waals surface area contributed by atoms with Crippen molar-refractivity contribution in [3.05, 3.63) is 215 Å². The Balaban J connectivity index is 0.000000354. The smallest absolute Gasteiger partial charge is 0.0713 e. The van der Waals surface area contributed by atoms with E-state index in [1.165, 1.54) is 79.6 Å².